The van der Waals surface area contributed by atoms with Gasteiger partial charge in [0.15, 0.2) is 6.54 Å². The van der Waals surface area contributed by atoms with Gasteiger partial charge in [-0.3, -0.25) is 9.59 Å². The van der Waals surface area contributed by atoms with E-state index in [2.05, 4.69) is 5.32 Å². The molecule has 2 rings (SSSR count). The van der Waals surface area contributed by atoms with Gasteiger partial charge >= 0.3 is 0 Å². The number of carbonyl (C=O) groups is 2. The number of ether oxygens (including phenoxy) is 1. The number of benzene rings is 1. The number of nitrogens with one attached hydrogen (secondary N) is 2. The second-order valence-electron chi connectivity index (χ2n) is 5.95. The highest BCUT2D eigenvalue weighted by molar-refractivity contribution is 5.76. The number of nitrogens with zero attached hydrogens (tertiary/aromatic N) is 1. The number of aryl methyl sites for hydroxylation is 1. The third-order valence-corrected chi connectivity index (χ3v) is 4.01. The molecule has 1 fully saturated rings. The van der Waals surface area contributed by atoms with E-state index in [4.69, 9.17) is 4.74 Å². The van der Waals surface area contributed by atoms with Crippen LogP contribution in [0.3, 0.4) is 0 Å². The molecule has 0 unspecified atom stereocenters. The molecule has 1 aromatic rings. The normalized spacial score (nSPS) is 15.3. The van der Waals surface area contributed by atoms with Crippen molar-refractivity contribution in [1.29, 1.82) is 0 Å². The monoisotopic (exact) mass is 320 g/mol. The molecule has 0 bridgehead atoms. The molecule has 0 aromatic heterocycles. The number of amides is 2. The number of rotatable bonds is 6. The van der Waals surface area contributed by atoms with E-state index in [-0.39, 0.29) is 11.8 Å². The Balaban J connectivity index is 1.59. The molecule has 23 heavy (non-hydrogen) atoms. The summed E-state index contributed by atoms with van der Waals surface area (Å²) in [4.78, 5) is 26.2. The Morgan fingerprint density at radius 2 is 2.04 bits per heavy atom. The zero-order valence-corrected chi connectivity index (χ0v) is 13.9. The molecule has 1 aromatic carbocycles. The van der Waals surface area contributed by atoms with Crippen LogP contribution >= 0.6 is 0 Å². The first-order valence-corrected chi connectivity index (χ1v) is 8.10. The molecule has 0 spiro atoms. The molecule has 1 aliphatic heterocycles. The van der Waals surface area contributed by atoms with E-state index >= 15 is 0 Å². The van der Waals surface area contributed by atoms with Gasteiger partial charge in [-0.25, -0.2) is 0 Å². The van der Waals surface area contributed by atoms with Gasteiger partial charge in [-0.15, -0.1) is 0 Å². The first-order chi connectivity index (χ1) is 11.0. The summed E-state index contributed by atoms with van der Waals surface area (Å²) in [5, 5.41) is 2.88. The number of carbonyl (C=O) groups excluding carboxylic acids is 2. The first kappa shape index (κ1) is 17.3. The second kappa shape index (κ2) is 8.53. The van der Waals surface area contributed by atoms with Crippen LogP contribution in [0, 0.1) is 6.92 Å². The summed E-state index contributed by atoms with van der Waals surface area (Å²) in [5.74, 6) is 0.969. The van der Waals surface area contributed by atoms with Gasteiger partial charge in [0.25, 0.3) is 5.91 Å². The van der Waals surface area contributed by atoms with Crippen molar-refractivity contribution >= 4 is 11.8 Å². The van der Waals surface area contributed by atoms with Crippen molar-refractivity contribution in [3.8, 4) is 5.75 Å². The molecule has 1 saturated heterocycles. The summed E-state index contributed by atoms with van der Waals surface area (Å²) in [5.41, 5.74) is 1.15. The Morgan fingerprint density at radius 3 is 2.70 bits per heavy atom. The van der Waals surface area contributed by atoms with Crippen LogP contribution < -0.4 is 15.0 Å². The lowest BCUT2D eigenvalue weighted by Gasteiger charge is -2.31. The van der Waals surface area contributed by atoms with Crippen molar-refractivity contribution in [1.82, 2.24) is 10.2 Å². The van der Waals surface area contributed by atoms with E-state index in [1.807, 2.05) is 36.1 Å². The molecule has 2 N–H and O–H groups in total. The quantitative estimate of drug-likeness (QED) is 0.677. The number of hydrogen-bond acceptors (Lipinski definition) is 3. The van der Waals surface area contributed by atoms with Crippen LogP contribution in [0.15, 0.2) is 24.3 Å². The Hall–Kier alpha value is -2.08. The summed E-state index contributed by atoms with van der Waals surface area (Å²) in [7, 11) is 0. The largest absolute Gasteiger partial charge is 0.492 e. The van der Waals surface area contributed by atoms with E-state index in [1.165, 1.54) is 4.90 Å². The van der Waals surface area contributed by atoms with Crippen LogP contribution in [-0.2, 0) is 9.59 Å². The molecule has 6 nitrogen and oxygen atoms in total. The van der Waals surface area contributed by atoms with Crippen molar-refractivity contribution in [2.24, 2.45) is 0 Å². The maximum absolute atomic E-state index is 11.9. The fourth-order valence-electron chi connectivity index (χ4n) is 2.67. The summed E-state index contributed by atoms with van der Waals surface area (Å²) in [6, 6.07) is 7.85. The van der Waals surface area contributed by atoms with Crippen molar-refractivity contribution in [3.05, 3.63) is 29.8 Å². The van der Waals surface area contributed by atoms with Crippen LogP contribution in [0.25, 0.3) is 0 Å². The average molecular weight is 320 g/mol. The van der Waals surface area contributed by atoms with Gasteiger partial charge in [-0.2, -0.15) is 0 Å². The smallest absolute Gasteiger partial charge is 0.275 e. The van der Waals surface area contributed by atoms with Crippen LogP contribution in [0.1, 0.15) is 12.5 Å². The predicted molar refractivity (Wildman–Crippen MR) is 87.5 cm³/mol. The maximum Gasteiger partial charge on any atom is 0.275 e. The standard InChI is InChI=1S/C17H25N3O3/c1-14-4-3-5-16(12-14)23-11-6-18-17(22)13-19-7-9-20(10-8-19)15(2)21/h3-5,12H,6-11,13H2,1-2H3,(H,18,22)/p+1. The fraction of sp³-hybridized carbons (Fsp3) is 0.529. The van der Waals surface area contributed by atoms with Gasteiger partial charge in [0, 0.05) is 6.92 Å². The van der Waals surface area contributed by atoms with Gasteiger partial charge in [-0.05, 0) is 24.6 Å². The Labute approximate surface area is 137 Å². The lowest BCUT2D eigenvalue weighted by atomic mass is 10.2. The molecule has 2 amide bonds. The third kappa shape index (κ3) is 5.90. The van der Waals surface area contributed by atoms with Gasteiger partial charge in [0.1, 0.15) is 12.4 Å². The minimum absolute atomic E-state index is 0.0316. The predicted octanol–water partition coefficient (Wildman–Crippen LogP) is -0.763. The first-order valence-electron chi connectivity index (χ1n) is 8.10. The van der Waals surface area contributed by atoms with Gasteiger partial charge < -0.3 is 19.9 Å². The summed E-state index contributed by atoms with van der Waals surface area (Å²) >= 11 is 0. The van der Waals surface area contributed by atoms with E-state index in [9.17, 15) is 9.59 Å². The Kier molecular flexibility index (Phi) is 6.40. The molecule has 0 aliphatic carbocycles. The van der Waals surface area contributed by atoms with Crippen molar-refractivity contribution in [2.75, 3.05) is 45.9 Å². The van der Waals surface area contributed by atoms with Crippen molar-refractivity contribution in [2.45, 2.75) is 13.8 Å². The molecule has 6 heteroatoms. The summed E-state index contributed by atoms with van der Waals surface area (Å²) in [6.07, 6.45) is 0. The SMILES string of the molecule is CC(=O)N1CC[NH+](CC(=O)NCCOc2cccc(C)c2)CC1. The van der Waals surface area contributed by atoms with Crippen molar-refractivity contribution in [3.63, 3.8) is 0 Å². The van der Waals surface area contributed by atoms with E-state index in [0.717, 1.165) is 37.5 Å². The highest BCUT2D eigenvalue weighted by Gasteiger charge is 2.23. The zero-order valence-electron chi connectivity index (χ0n) is 13.9. The molecule has 126 valence electrons. The van der Waals surface area contributed by atoms with E-state index in [0.29, 0.717) is 19.7 Å². The molecule has 0 atom stereocenters. The van der Waals surface area contributed by atoms with Crippen LogP contribution in [-0.4, -0.2) is 62.6 Å². The Morgan fingerprint density at radius 1 is 1.30 bits per heavy atom. The minimum Gasteiger partial charge on any atom is -0.492 e. The highest BCUT2D eigenvalue weighted by Crippen LogP contribution is 2.11. The third-order valence-electron chi connectivity index (χ3n) is 4.01. The zero-order chi connectivity index (χ0) is 16.7. The number of piperazine rings is 1. The van der Waals surface area contributed by atoms with Crippen LogP contribution in [0.5, 0.6) is 5.75 Å². The summed E-state index contributed by atoms with van der Waals surface area (Å²) in [6.45, 7) is 8.13. The molecular weight excluding hydrogens is 294 g/mol. The van der Waals surface area contributed by atoms with Crippen LogP contribution in [0.4, 0.5) is 0 Å². The number of hydrogen-bond donors (Lipinski definition) is 2. The molecule has 1 aliphatic rings. The lowest BCUT2D eigenvalue weighted by molar-refractivity contribution is -0.896. The minimum atomic E-state index is 0.0316. The maximum atomic E-state index is 11.9. The van der Waals surface area contributed by atoms with Gasteiger partial charge in [0.2, 0.25) is 5.91 Å². The molecular formula is C17H26N3O3+. The molecule has 0 saturated carbocycles. The van der Waals surface area contributed by atoms with E-state index < -0.39 is 0 Å². The van der Waals surface area contributed by atoms with E-state index in [1.54, 1.807) is 6.92 Å². The van der Waals surface area contributed by atoms with Crippen molar-refractivity contribution < 1.29 is 19.2 Å². The number of quaternary nitrogens is 1. The Bertz CT molecular complexity index is 540. The molecule has 1 heterocycles. The highest BCUT2D eigenvalue weighted by atomic mass is 16.5. The fourth-order valence-corrected chi connectivity index (χ4v) is 2.67. The van der Waals surface area contributed by atoms with Gasteiger partial charge in [-0.1, -0.05) is 12.1 Å². The van der Waals surface area contributed by atoms with Crippen LogP contribution in [0.2, 0.25) is 0 Å². The van der Waals surface area contributed by atoms with Gasteiger partial charge in [0.05, 0.1) is 32.7 Å². The molecule has 0 radical (unpaired) electrons. The summed E-state index contributed by atoms with van der Waals surface area (Å²) < 4.78 is 5.60. The lowest BCUT2D eigenvalue weighted by Crippen LogP contribution is -3.15. The average Bonchev–Trinajstić information content (AvgIpc) is 2.52. The second-order valence-corrected chi connectivity index (χ2v) is 5.95. The topological polar surface area (TPSA) is 63.1 Å².